The van der Waals surface area contributed by atoms with Crippen molar-refractivity contribution in [2.75, 3.05) is 38.2 Å². The molecule has 0 unspecified atom stereocenters. The maximum atomic E-state index is 11.9. The second-order valence-corrected chi connectivity index (χ2v) is 8.12. The predicted molar refractivity (Wildman–Crippen MR) is 123 cm³/mol. The maximum Gasteiger partial charge on any atom is 0.251 e. The molecule has 0 aliphatic carbocycles. The molecule has 3 rings (SSSR count). The highest BCUT2D eigenvalue weighted by Crippen LogP contribution is 2.35. The summed E-state index contributed by atoms with van der Waals surface area (Å²) in [5, 5.41) is 12.7. The highest BCUT2D eigenvalue weighted by atomic mass is 32.1. The van der Waals surface area contributed by atoms with Crippen LogP contribution >= 0.6 is 11.3 Å². The quantitative estimate of drug-likeness (QED) is 0.439. The van der Waals surface area contributed by atoms with E-state index in [4.69, 9.17) is 21.3 Å². The molecule has 3 heterocycles. The van der Waals surface area contributed by atoms with Crippen LogP contribution in [0.3, 0.4) is 0 Å². The van der Waals surface area contributed by atoms with Gasteiger partial charge in [0, 0.05) is 36.3 Å². The summed E-state index contributed by atoms with van der Waals surface area (Å²) in [5.41, 5.74) is 14.3. The fourth-order valence-electron chi connectivity index (χ4n) is 3.03. The SMILES string of the molecule is C=C(/C=C\C=C(/N)Nc1sc(-c2ccc(CO)nc2)cc1C(N)=O)CN1CCOCC1. The van der Waals surface area contributed by atoms with Gasteiger partial charge in [-0.1, -0.05) is 24.8 Å². The van der Waals surface area contributed by atoms with Gasteiger partial charge in [0.2, 0.25) is 0 Å². The average molecular weight is 442 g/mol. The Balaban J connectivity index is 1.66. The molecule has 2 aromatic heterocycles. The first-order valence-corrected chi connectivity index (χ1v) is 10.7. The molecule has 1 aliphatic rings. The minimum atomic E-state index is -0.549. The van der Waals surface area contributed by atoms with Gasteiger partial charge in [0.05, 0.1) is 31.1 Å². The van der Waals surface area contributed by atoms with Crippen molar-refractivity contribution in [2.24, 2.45) is 11.5 Å². The molecule has 1 saturated heterocycles. The van der Waals surface area contributed by atoms with E-state index in [1.165, 1.54) is 11.3 Å². The van der Waals surface area contributed by atoms with Gasteiger partial charge >= 0.3 is 0 Å². The molecule has 164 valence electrons. The molecule has 0 atom stereocenters. The second-order valence-electron chi connectivity index (χ2n) is 7.07. The van der Waals surface area contributed by atoms with E-state index in [0.717, 1.165) is 48.9 Å². The number of rotatable bonds is 9. The van der Waals surface area contributed by atoms with Gasteiger partial charge in [-0.3, -0.25) is 14.7 Å². The van der Waals surface area contributed by atoms with Crippen molar-refractivity contribution >= 4 is 22.2 Å². The van der Waals surface area contributed by atoms with Crippen molar-refractivity contribution in [2.45, 2.75) is 6.61 Å². The van der Waals surface area contributed by atoms with E-state index in [0.29, 0.717) is 22.1 Å². The summed E-state index contributed by atoms with van der Waals surface area (Å²) < 4.78 is 5.35. The number of carbonyl (C=O) groups excluding carboxylic acids is 1. The lowest BCUT2D eigenvalue weighted by Crippen LogP contribution is -2.37. The largest absolute Gasteiger partial charge is 0.390 e. The van der Waals surface area contributed by atoms with Crippen LogP contribution < -0.4 is 16.8 Å². The molecule has 8 nitrogen and oxygen atoms in total. The Bertz CT molecular complexity index is 976. The molecule has 0 spiro atoms. The summed E-state index contributed by atoms with van der Waals surface area (Å²) in [5.74, 6) is -0.174. The van der Waals surface area contributed by atoms with Crippen LogP contribution in [0.15, 0.2) is 60.6 Å². The van der Waals surface area contributed by atoms with Gasteiger partial charge < -0.3 is 26.6 Å². The topological polar surface area (TPSA) is 127 Å². The lowest BCUT2D eigenvalue weighted by Gasteiger charge is -2.26. The van der Waals surface area contributed by atoms with Crippen molar-refractivity contribution in [3.05, 3.63) is 71.9 Å². The lowest BCUT2D eigenvalue weighted by molar-refractivity contribution is 0.0426. The Kier molecular flexibility index (Phi) is 7.96. The van der Waals surface area contributed by atoms with Gasteiger partial charge in [-0.05, 0) is 23.8 Å². The number of nitrogens with zero attached hydrogens (tertiary/aromatic N) is 2. The zero-order valence-corrected chi connectivity index (χ0v) is 18.0. The Morgan fingerprint density at radius 3 is 2.77 bits per heavy atom. The third-order valence-corrected chi connectivity index (χ3v) is 5.76. The summed E-state index contributed by atoms with van der Waals surface area (Å²) in [6, 6.07) is 5.27. The fraction of sp³-hybridized carbons (Fsp3) is 0.273. The summed E-state index contributed by atoms with van der Waals surface area (Å²) in [6.07, 6.45) is 7.09. The average Bonchev–Trinajstić information content (AvgIpc) is 3.18. The number of pyridine rings is 1. The lowest BCUT2D eigenvalue weighted by atomic mass is 10.2. The summed E-state index contributed by atoms with van der Waals surface area (Å²) in [7, 11) is 0. The van der Waals surface area contributed by atoms with E-state index < -0.39 is 5.91 Å². The number of carbonyl (C=O) groups is 1. The van der Waals surface area contributed by atoms with Gasteiger partial charge in [0.25, 0.3) is 5.91 Å². The number of nitrogens with two attached hydrogens (primary N) is 2. The third kappa shape index (κ3) is 6.50. The molecule has 9 heteroatoms. The molecule has 1 fully saturated rings. The molecule has 0 radical (unpaired) electrons. The van der Waals surface area contributed by atoms with Crippen LogP contribution in [0.1, 0.15) is 16.1 Å². The van der Waals surface area contributed by atoms with E-state index in [1.807, 2.05) is 18.2 Å². The first kappa shape index (κ1) is 22.7. The molecule has 0 bridgehead atoms. The van der Waals surface area contributed by atoms with E-state index >= 15 is 0 Å². The number of allylic oxidation sites excluding steroid dienone is 2. The molecule has 2 aromatic rings. The zero-order valence-electron chi connectivity index (χ0n) is 17.2. The summed E-state index contributed by atoms with van der Waals surface area (Å²) >= 11 is 1.35. The number of hydrogen-bond acceptors (Lipinski definition) is 8. The zero-order chi connectivity index (χ0) is 22.2. The molecular weight excluding hydrogens is 414 g/mol. The van der Waals surface area contributed by atoms with Crippen LogP contribution in [0.25, 0.3) is 10.4 Å². The molecule has 0 saturated carbocycles. The fourth-order valence-corrected chi connectivity index (χ4v) is 4.11. The summed E-state index contributed by atoms with van der Waals surface area (Å²) in [6.45, 7) is 8.04. The molecule has 1 aliphatic heterocycles. The Morgan fingerprint density at radius 1 is 1.35 bits per heavy atom. The van der Waals surface area contributed by atoms with E-state index in [2.05, 4.69) is 21.8 Å². The first-order chi connectivity index (χ1) is 15.0. The van der Waals surface area contributed by atoms with Crippen molar-refractivity contribution in [1.82, 2.24) is 9.88 Å². The molecule has 0 aromatic carbocycles. The van der Waals surface area contributed by atoms with Gasteiger partial charge in [0.1, 0.15) is 10.8 Å². The Hall–Kier alpha value is -2.98. The van der Waals surface area contributed by atoms with Gasteiger partial charge in [-0.2, -0.15) is 0 Å². The number of anilines is 1. The minimum absolute atomic E-state index is 0.127. The highest BCUT2D eigenvalue weighted by molar-refractivity contribution is 7.19. The van der Waals surface area contributed by atoms with Crippen LogP contribution in [0.5, 0.6) is 0 Å². The number of morpholine rings is 1. The molecule has 1 amide bonds. The van der Waals surface area contributed by atoms with Crippen molar-refractivity contribution in [1.29, 1.82) is 0 Å². The van der Waals surface area contributed by atoms with Crippen LogP contribution in [0, 0.1) is 0 Å². The number of amides is 1. The smallest absolute Gasteiger partial charge is 0.251 e. The Morgan fingerprint density at radius 2 is 2.13 bits per heavy atom. The standard InChI is InChI=1S/C22H27N5O3S/c1-15(13-27-7-9-30-10-8-27)3-2-4-20(23)26-22-18(21(24)29)11-19(31-22)16-5-6-17(14-28)25-12-16/h2-6,11-12,26,28H,1,7-10,13-14,23H2,(H2,24,29)/b3-2-,20-4+. The number of ether oxygens (including phenoxy) is 1. The van der Waals surface area contributed by atoms with Gasteiger partial charge in [-0.25, -0.2) is 0 Å². The number of hydrogen-bond donors (Lipinski definition) is 4. The Labute approximate surface area is 185 Å². The summed E-state index contributed by atoms with van der Waals surface area (Å²) in [4.78, 5) is 19.2. The number of aliphatic hydroxyl groups is 1. The molecule has 31 heavy (non-hydrogen) atoms. The molecule has 6 N–H and O–H groups in total. The number of aromatic nitrogens is 1. The number of thiophene rings is 1. The van der Waals surface area contributed by atoms with Crippen LogP contribution in [-0.4, -0.2) is 53.7 Å². The normalized spacial score (nSPS) is 15.3. The maximum absolute atomic E-state index is 11.9. The van der Waals surface area contributed by atoms with Gasteiger partial charge in [0.15, 0.2) is 0 Å². The minimum Gasteiger partial charge on any atom is -0.390 e. The van der Waals surface area contributed by atoms with Crippen LogP contribution in [0.2, 0.25) is 0 Å². The number of nitrogens with one attached hydrogen (secondary N) is 1. The van der Waals surface area contributed by atoms with Crippen molar-refractivity contribution < 1.29 is 14.6 Å². The van der Waals surface area contributed by atoms with Crippen LogP contribution in [-0.2, 0) is 11.3 Å². The first-order valence-electron chi connectivity index (χ1n) is 9.85. The van der Waals surface area contributed by atoms with Gasteiger partial charge in [-0.15, -0.1) is 11.3 Å². The second kappa shape index (κ2) is 10.9. The predicted octanol–water partition coefficient (Wildman–Crippen LogP) is 2.06. The van der Waals surface area contributed by atoms with Crippen molar-refractivity contribution in [3.8, 4) is 10.4 Å². The molecular formula is C22H27N5O3S. The third-order valence-electron chi connectivity index (χ3n) is 4.66. The van der Waals surface area contributed by atoms with Crippen molar-refractivity contribution in [3.63, 3.8) is 0 Å². The highest BCUT2D eigenvalue weighted by Gasteiger charge is 2.15. The van der Waals surface area contributed by atoms with E-state index in [9.17, 15) is 4.79 Å². The monoisotopic (exact) mass is 441 g/mol. The number of aliphatic hydroxyl groups excluding tert-OH is 1. The van der Waals surface area contributed by atoms with Crippen LogP contribution in [0.4, 0.5) is 5.00 Å². The van der Waals surface area contributed by atoms with E-state index in [1.54, 1.807) is 24.4 Å². The number of primary amides is 1. The van der Waals surface area contributed by atoms with E-state index in [-0.39, 0.29) is 6.61 Å².